The van der Waals surface area contributed by atoms with Crippen LogP contribution in [0.25, 0.3) is 11.2 Å². The molecule has 0 amide bonds. The van der Waals surface area contributed by atoms with Gasteiger partial charge in [-0.05, 0) is 0 Å². The fourth-order valence-corrected chi connectivity index (χ4v) is 1.34. The predicted molar refractivity (Wildman–Crippen MR) is 36.5 cm³/mol. The first kappa shape index (κ1) is 6.10. The van der Waals surface area contributed by atoms with Gasteiger partial charge < -0.3 is 0 Å². The van der Waals surface area contributed by atoms with Crippen LogP contribution >= 0.6 is 0 Å². The Kier molecular flexibility index (Phi) is 1.34. The zero-order chi connectivity index (χ0) is 6.97. The van der Waals surface area contributed by atoms with E-state index in [2.05, 4.69) is 15.0 Å². The summed E-state index contributed by atoms with van der Waals surface area (Å²) in [6, 6.07) is 0. The van der Waals surface area contributed by atoms with Crippen LogP contribution < -0.4 is 0 Å². The third kappa shape index (κ3) is 0.797. The third-order valence-electron chi connectivity index (χ3n) is 1.20. The Morgan fingerprint density at radius 1 is 1.40 bits per heavy atom. The summed E-state index contributed by atoms with van der Waals surface area (Å²) < 4.78 is 1.91. The normalized spacial score (nSPS) is 10.5. The second-order valence-corrected chi connectivity index (χ2v) is 3.05. The molecule has 0 unspecified atom stereocenters. The molecule has 0 bridgehead atoms. The number of aromatic nitrogens is 4. The van der Waals surface area contributed by atoms with Crippen LogP contribution in [-0.4, -0.2) is 41.0 Å². The number of rotatable bonds is 0. The molecule has 0 aliphatic rings. The topological polar surface area (TPSA) is 43.6 Å². The molecule has 0 fully saturated rings. The van der Waals surface area contributed by atoms with E-state index in [0.29, 0.717) is 0 Å². The minimum atomic E-state index is 0.850. The van der Waals surface area contributed by atoms with Crippen LogP contribution in [0.2, 0.25) is 0 Å². The van der Waals surface area contributed by atoms with Gasteiger partial charge in [-0.1, -0.05) is 0 Å². The summed E-state index contributed by atoms with van der Waals surface area (Å²) in [6.07, 6.45) is 4.97. The monoisotopic (exact) mass is 240 g/mol. The van der Waals surface area contributed by atoms with Crippen molar-refractivity contribution in [3.05, 3.63) is 18.9 Å². The van der Waals surface area contributed by atoms with Gasteiger partial charge in [0.25, 0.3) is 0 Å². The fraction of sp³-hybridized carbons (Fsp3) is 0. The van der Waals surface area contributed by atoms with Crippen molar-refractivity contribution in [1.29, 1.82) is 0 Å². The number of hydrogen-bond acceptors (Lipinski definition) is 3. The minimum absolute atomic E-state index is 0.850. The summed E-state index contributed by atoms with van der Waals surface area (Å²) >= 11 is 1.55. The maximum atomic E-state index is 4.07. The van der Waals surface area contributed by atoms with Crippen molar-refractivity contribution in [2.75, 3.05) is 0 Å². The predicted octanol–water partition coefficient (Wildman–Crippen LogP) is -0.242. The van der Waals surface area contributed by atoms with Crippen LogP contribution in [0, 0.1) is 0 Å². The molecule has 0 spiro atoms. The molecule has 2 radical (unpaired) electrons. The summed E-state index contributed by atoms with van der Waals surface area (Å²) in [5.41, 5.74) is 1.74. The SMILES string of the molecule is [Sb][n]1cnc2cncnc21. The standard InChI is InChI=1S/C5H3N4.Sb/c1-4-5(8-2-6-1)9-3-7-4;/h1-3H;/q-1;+1. The Hall–Kier alpha value is -0.632. The molecule has 2 heterocycles. The molecule has 5 heteroatoms. The maximum absolute atomic E-state index is 4.07. The van der Waals surface area contributed by atoms with Gasteiger partial charge in [0, 0.05) is 0 Å². The molecule has 0 atom stereocenters. The van der Waals surface area contributed by atoms with Crippen molar-refractivity contribution < 1.29 is 0 Å². The van der Waals surface area contributed by atoms with Crippen molar-refractivity contribution in [2.24, 2.45) is 0 Å². The summed E-state index contributed by atoms with van der Waals surface area (Å²) in [4.78, 5) is 12.0. The van der Waals surface area contributed by atoms with E-state index < -0.39 is 0 Å². The molecular formula is C5H3N4Sb. The molecule has 2 aromatic rings. The average Bonchev–Trinajstić information content (AvgIpc) is 2.34. The Bertz CT molecular complexity index is 355. The van der Waals surface area contributed by atoms with Gasteiger partial charge in [-0.25, -0.2) is 0 Å². The van der Waals surface area contributed by atoms with E-state index in [1.165, 1.54) is 6.33 Å². The summed E-state index contributed by atoms with van der Waals surface area (Å²) in [5, 5.41) is 0. The van der Waals surface area contributed by atoms with Gasteiger partial charge in [0.15, 0.2) is 0 Å². The molecule has 0 saturated carbocycles. The van der Waals surface area contributed by atoms with Gasteiger partial charge in [-0.2, -0.15) is 0 Å². The van der Waals surface area contributed by atoms with E-state index in [4.69, 9.17) is 0 Å². The zero-order valence-electron chi connectivity index (χ0n) is 4.97. The number of imidazole rings is 1. The van der Waals surface area contributed by atoms with Crippen LogP contribution in [0.3, 0.4) is 0 Å². The summed E-state index contributed by atoms with van der Waals surface area (Å²) in [5.74, 6) is 0. The second kappa shape index (κ2) is 2.20. The van der Waals surface area contributed by atoms with E-state index >= 15 is 0 Å². The average molecular weight is 241 g/mol. The molecule has 0 aliphatic heterocycles. The van der Waals surface area contributed by atoms with Crippen LogP contribution in [0.5, 0.6) is 0 Å². The van der Waals surface area contributed by atoms with E-state index in [0.717, 1.165) is 11.2 Å². The molecule has 0 aliphatic carbocycles. The Balaban J connectivity index is 2.93. The van der Waals surface area contributed by atoms with Crippen molar-refractivity contribution in [2.45, 2.75) is 0 Å². The Labute approximate surface area is 71.2 Å². The molecule has 0 N–H and O–H groups in total. The molecule has 2 aromatic heterocycles. The van der Waals surface area contributed by atoms with E-state index in [9.17, 15) is 0 Å². The molecule has 0 saturated heterocycles. The third-order valence-corrected chi connectivity index (χ3v) is 2.03. The van der Waals surface area contributed by atoms with Crippen LogP contribution in [0.4, 0.5) is 0 Å². The van der Waals surface area contributed by atoms with E-state index in [1.807, 2.05) is 2.73 Å². The summed E-state index contributed by atoms with van der Waals surface area (Å²) in [7, 11) is 0. The van der Waals surface area contributed by atoms with Crippen molar-refractivity contribution >= 4 is 34.5 Å². The van der Waals surface area contributed by atoms with Crippen molar-refractivity contribution in [3.8, 4) is 0 Å². The molecule has 4 nitrogen and oxygen atoms in total. The first-order valence-corrected chi connectivity index (χ1v) is 3.84. The molecule has 2 rings (SSSR count). The van der Waals surface area contributed by atoms with Crippen LogP contribution in [0.15, 0.2) is 18.9 Å². The van der Waals surface area contributed by atoms with Gasteiger partial charge in [-0.15, -0.1) is 0 Å². The first-order valence-electron chi connectivity index (χ1n) is 2.70. The first-order chi connectivity index (χ1) is 4.88. The van der Waals surface area contributed by atoms with Gasteiger partial charge >= 0.3 is 71.0 Å². The number of hydrogen-bond donors (Lipinski definition) is 0. The fourth-order valence-electron chi connectivity index (χ4n) is 0.755. The van der Waals surface area contributed by atoms with Crippen molar-refractivity contribution in [3.63, 3.8) is 0 Å². The van der Waals surface area contributed by atoms with E-state index in [1.54, 1.807) is 35.8 Å². The number of fused-ring (bicyclic) bond motifs is 1. The van der Waals surface area contributed by atoms with Gasteiger partial charge in [0.05, 0.1) is 0 Å². The van der Waals surface area contributed by atoms with Gasteiger partial charge in [0.2, 0.25) is 0 Å². The molecule has 0 aromatic carbocycles. The van der Waals surface area contributed by atoms with Crippen molar-refractivity contribution in [1.82, 2.24) is 17.7 Å². The van der Waals surface area contributed by atoms with E-state index in [-0.39, 0.29) is 0 Å². The second-order valence-electron chi connectivity index (χ2n) is 1.82. The Morgan fingerprint density at radius 3 is 3.10 bits per heavy atom. The van der Waals surface area contributed by atoms with Gasteiger partial charge in [0.1, 0.15) is 0 Å². The summed E-state index contributed by atoms with van der Waals surface area (Å²) in [6.45, 7) is 0. The van der Waals surface area contributed by atoms with Crippen LogP contribution in [-0.2, 0) is 0 Å². The van der Waals surface area contributed by atoms with Gasteiger partial charge in [-0.3, -0.25) is 0 Å². The van der Waals surface area contributed by atoms with Crippen LogP contribution in [0.1, 0.15) is 0 Å². The molecule has 48 valence electrons. The Morgan fingerprint density at radius 2 is 2.30 bits per heavy atom. The number of nitrogens with zero attached hydrogens (tertiary/aromatic N) is 4. The molecule has 10 heavy (non-hydrogen) atoms. The quantitative estimate of drug-likeness (QED) is 0.597. The zero-order valence-corrected chi connectivity index (χ0v) is 7.52. The molecular weight excluding hydrogens is 238 g/mol.